The lowest BCUT2D eigenvalue weighted by Gasteiger charge is -2.29. The molecular formula is C15H27NO2S. The summed E-state index contributed by atoms with van der Waals surface area (Å²) in [5.41, 5.74) is 1.06. The highest BCUT2D eigenvalue weighted by atomic mass is 32.2. The van der Waals surface area contributed by atoms with Crippen LogP contribution in [-0.4, -0.2) is 24.8 Å². The molecule has 0 spiro atoms. The molecule has 0 radical (unpaired) electrons. The molecule has 0 amide bonds. The summed E-state index contributed by atoms with van der Waals surface area (Å²) in [5, 5.41) is 0. The summed E-state index contributed by atoms with van der Waals surface area (Å²) >= 11 is 0. The molecule has 3 nitrogen and oxygen atoms in total. The number of rotatable bonds is 4. The maximum Gasteiger partial charge on any atom is 0.243 e. The van der Waals surface area contributed by atoms with Crippen LogP contribution in [0.15, 0.2) is 29.2 Å². The summed E-state index contributed by atoms with van der Waals surface area (Å²) in [7, 11) is -3.38. The van der Waals surface area contributed by atoms with Crippen molar-refractivity contribution in [1.82, 2.24) is 4.31 Å². The summed E-state index contributed by atoms with van der Waals surface area (Å²) in [6, 6.07) is 6.91. The van der Waals surface area contributed by atoms with Gasteiger partial charge in [0.25, 0.3) is 0 Å². The Labute approximate surface area is 118 Å². The third-order valence-corrected chi connectivity index (χ3v) is 4.88. The van der Waals surface area contributed by atoms with Crippen molar-refractivity contribution >= 4 is 10.0 Å². The predicted octanol–water partition coefficient (Wildman–Crippen LogP) is 3.83. The second-order valence-corrected chi connectivity index (χ2v) is 6.68. The lowest BCUT2D eigenvalue weighted by Crippen LogP contribution is -2.41. The molecule has 0 N–H and O–H groups in total. The van der Waals surface area contributed by atoms with Gasteiger partial charge in [-0.15, -0.1) is 0 Å². The van der Waals surface area contributed by atoms with Gasteiger partial charge >= 0.3 is 0 Å². The molecule has 0 aromatic heterocycles. The zero-order chi connectivity index (χ0) is 15.2. The van der Waals surface area contributed by atoms with Crippen LogP contribution in [0.25, 0.3) is 0 Å². The van der Waals surface area contributed by atoms with Gasteiger partial charge in [-0.1, -0.05) is 31.5 Å². The van der Waals surface area contributed by atoms with E-state index in [0.29, 0.717) is 4.90 Å². The van der Waals surface area contributed by atoms with E-state index in [1.165, 1.54) is 4.31 Å². The Balaban J connectivity index is 0.00000154. The van der Waals surface area contributed by atoms with Crippen molar-refractivity contribution in [3.05, 3.63) is 29.8 Å². The van der Waals surface area contributed by atoms with Crippen LogP contribution >= 0.6 is 0 Å². The summed E-state index contributed by atoms with van der Waals surface area (Å²) in [6.45, 7) is 13.5. The molecule has 1 aromatic rings. The number of benzene rings is 1. The fraction of sp³-hybridized carbons (Fsp3) is 0.600. The molecule has 0 atom stereocenters. The van der Waals surface area contributed by atoms with Crippen molar-refractivity contribution in [2.45, 2.75) is 65.4 Å². The van der Waals surface area contributed by atoms with Crippen molar-refractivity contribution in [3.8, 4) is 0 Å². The number of aryl methyl sites for hydroxylation is 1. The first-order valence-electron chi connectivity index (χ1n) is 6.87. The van der Waals surface area contributed by atoms with Crippen molar-refractivity contribution in [3.63, 3.8) is 0 Å². The minimum absolute atomic E-state index is 0.0405. The van der Waals surface area contributed by atoms with Gasteiger partial charge in [0.05, 0.1) is 4.90 Å². The normalized spacial score (nSPS) is 11.7. The van der Waals surface area contributed by atoms with Gasteiger partial charge in [0.2, 0.25) is 10.0 Å². The van der Waals surface area contributed by atoms with Gasteiger partial charge in [0.15, 0.2) is 0 Å². The van der Waals surface area contributed by atoms with Gasteiger partial charge in [0, 0.05) is 12.1 Å². The monoisotopic (exact) mass is 285 g/mol. The fourth-order valence-electron chi connectivity index (χ4n) is 1.98. The minimum Gasteiger partial charge on any atom is -0.207 e. The van der Waals surface area contributed by atoms with E-state index < -0.39 is 10.0 Å². The van der Waals surface area contributed by atoms with Gasteiger partial charge in [-0.05, 0) is 46.8 Å². The summed E-state index contributed by atoms with van der Waals surface area (Å²) in [4.78, 5) is 0.366. The van der Waals surface area contributed by atoms with Crippen molar-refractivity contribution in [1.29, 1.82) is 0 Å². The van der Waals surface area contributed by atoms with Crippen LogP contribution in [0.2, 0.25) is 0 Å². The van der Waals surface area contributed by atoms with Crippen LogP contribution in [0.5, 0.6) is 0 Å². The summed E-state index contributed by atoms with van der Waals surface area (Å²) in [5.74, 6) is 0. The third-order valence-electron chi connectivity index (χ3n) is 2.61. The maximum absolute atomic E-state index is 12.5. The summed E-state index contributed by atoms with van der Waals surface area (Å²) < 4.78 is 26.4. The predicted molar refractivity (Wildman–Crippen MR) is 81.8 cm³/mol. The number of hydrogen-bond donors (Lipinski definition) is 0. The number of nitrogens with zero attached hydrogens (tertiary/aromatic N) is 1. The topological polar surface area (TPSA) is 37.4 Å². The molecule has 110 valence electrons. The van der Waals surface area contributed by atoms with E-state index in [9.17, 15) is 8.42 Å². The van der Waals surface area contributed by atoms with Gasteiger partial charge in [-0.2, -0.15) is 4.31 Å². The molecule has 0 bridgehead atoms. The largest absolute Gasteiger partial charge is 0.243 e. The first kappa shape index (κ1) is 18.1. The molecular weight excluding hydrogens is 258 g/mol. The highest BCUT2D eigenvalue weighted by Gasteiger charge is 2.28. The molecule has 1 aromatic carbocycles. The first-order valence-corrected chi connectivity index (χ1v) is 8.31. The maximum atomic E-state index is 12.5. The average molecular weight is 285 g/mol. The standard InChI is InChI=1S/C13H21NO2S.C2H6/c1-10(2)14(11(3)4)17(15,16)13-8-6-12(5)7-9-13;1-2/h6-11H,1-5H3;1-2H3. The van der Waals surface area contributed by atoms with Crippen LogP contribution in [0, 0.1) is 6.92 Å². The van der Waals surface area contributed by atoms with E-state index in [4.69, 9.17) is 0 Å². The second-order valence-electron chi connectivity index (χ2n) is 4.84. The smallest absolute Gasteiger partial charge is 0.207 e. The van der Waals surface area contributed by atoms with E-state index in [-0.39, 0.29) is 12.1 Å². The quantitative estimate of drug-likeness (QED) is 0.843. The van der Waals surface area contributed by atoms with Crippen LogP contribution < -0.4 is 0 Å². The van der Waals surface area contributed by atoms with E-state index in [2.05, 4.69) is 0 Å². The van der Waals surface area contributed by atoms with Crippen LogP contribution in [0.4, 0.5) is 0 Å². The Morgan fingerprint density at radius 1 is 0.895 bits per heavy atom. The Morgan fingerprint density at radius 2 is 1.26 bits per heavy atom. The van der Waals surface area contributed by atoms with Crippen LogP contribution in [0.1, 0.15) is 47.1 Å². The number of hydrogen-bond acceptors (Lipinski definition) is 2. The highest BCUT2D eigenvalue weighted by Crippen LogP contribution is 2.21. The molecule has 0 unspecified atom stereocenters. The first-order chi connectivity index (χ1) is 8.76. The van der Waals surface area contributed by atoms with Crippen molar-refractivity contribution in [2.24, 2.45) is 0 Å². The Hall–Kier alpha value is -0.870. The highest BCUT2D eigenvalue weighted by molar-refractivity contribution is 7.89. The summed E-state index contributed by atoms with van der Waals surface area (Å²) in [6.07, 6.45) is 0. The fourth-order valence-corrected chi connectivity index (χ4v) is 3.82. The van der Waals surface area contributed by atoms with Crippen molar-refractivity contribution < 1.29 is 8.42 Å². The molecule has 0 aliphatic rings. The molecule has 0 aliphatic carbocycles. The van der Waals surface area contributed by atoms with Gasteiger partial charge in [0.1, 0.15) is 0 Å². The third kappa shape index (κ3) is 4.62. The number of sulfonamides is 1. The Kier molecular flexibility index (Phi) is 7.30. The molecule has 0 fully saturated rings. The molecule has 19 heavy (non-hydrogen) atoms. The molecule has 0 saturated heterocycles. The average Bonchev–Trinajstić information content (AvgIpc) is 2.30. The van der Waals surface area contributed by atoms with Gasteiger partial charge < -0.3 is 0 Å². The van der Waals surface area contributed by atoms with Gasteiger partial charge in [-0.3, -0.25) is 0 Å². The van der Waals surface area contributed by atoms with Gasteiger partial charge in [-0.25, -0.2) is 8.42 Å². The van der Waals surface area contributed by atoms with E-state index in [1.807, 2.05) is 60.6 Å². The lowest BCUT2D eigenvalue weighted by atomic mass is 10.2. The zero-order valence-electron chi connectivity index (χ0n) is 13.1. The van der Waals surface area contributed by atoms with Crippen molar-refractivity contribution in [2.75, 3.05) is 0 Å². The molecule has 1 rings (SSSR count). The van der Waals surface area contributed by atoms with E-state index in [0.717, 1.165) is 5.56 Å². The zero-order valence-corrected chi connectivity index (χ0v) is 14.0. The van der Waals surface area contributed by atoms with Crippen LogP contribution in [0.3, 0.4) is 0 Å². The Morgan fingerprint density at radius 3 is 1.58 bits per heavy atom. The van der Waals surface area contributed by atoms with E-state index in [1.54, 1.807) is 12.1 Å². The Bertz CT molecular complexity index is 453. The second kappa shape index (κ2) is 7.65. The van der Waals surface area contributed by atoms with Crippen LogP contribution in [-0.2, 0) is 10.0 Å². The molecule has 4 heteroatoms. The molecule has 0 heterocycles. The SMILES string of the molecule is CC.Cc1ccc(S(=O)(=O)N(C(C)C)C(C)C)cc1. The molecule has 0 aliphatic heterocycles. The van der Waals surface area contributed by atoms with E-state index >= 15 is 0 Å². The molecule has 0 saturated carbocycles. The lowest BCUT2D eigenvalue weighted by molar-refractivity contribution is 0.302. The minimum atomic E-state index is -3.38.